The summed E-state index contributed by atoms with van der Waals surface area (Å²) in [6.45, 7) is 3.24. The molecule has 1 aromatic carbocycles. The number of hydrogen-bond donors (Lipinski definition) is 1. The Kier molecular flexibility index (Phi) is 4.09. The van der Waals surface area contributed by atoms with Crippen molar-refractivity contribution in [1.29, 1.82) is 0 Å². The molecule has 98 valence electrons. The van der Waals surface area contributed by atoms with Crippen molar-refractivity contribution in [1.82, 2.24) is 4.90 Å². The van der Waals surface area contributed by atoms with Crippen LogP contribution in [0.25, 0.3) is 0 Å². The van der Waals surface area contributed by atoms with Gasteiger partial charge < -0.3 is 15.0 Å². The molecule has 1 heterocycles. The molecule has 0 bridgehead atoms. The largest absolute Gasteiger partial charge is 0.379 e. The Morgan fingerprint density at radius 2 is 2.33 bits per heavy atom. The highest BCUT2D eigenvalue weighted by atomic mass is 35.5. The molecule has 1 aromatic rings. The van der Waals surface area contributed by atoms with Crippen LogP contribution in [0.5, 0.6) is 0 Å². The number of nitrogens with one attached hydrogen (secondary N) is 1. The van der Waals surface area contributed by atoms with Gasteiger partial charge in [-0.05, 0) is 25.0 Å². The van der Waals surface area contributed by atoms with E-state index in [1.54, 1.807) is 18.0 Å². The highest BCUT2D eigenvalue weighted by molar-refractivity contribution is 6.33. The zero-order valence-electron chi connectivity index (χ0n) is 10.6. The van der Waals surface area contributed by atoms with E-state index in [4.69, 9.17) is 16.3 Å². The Hall–Kier alpha value is -1.26. The monoisotopic (exact) mass is 268 g/mol. The van der Waals surface area contributed by atoms with Crippen molar-refractivity contribution in [2.75, 3.05) is 25.6 Å². The summed E-state index contributed by atoms with van der Waals surface area (Å²) in [5.41, 5.74) is 1.63. The van der Waals surface area contributed by atoms with Crippen molar-refractivity contribution in [3.63, 3.8) is 0 Å². The number of benzene rings is 1. The van der Waals surface area contributed by atoms with Gasteiger partial charge in [0.2, 0.25) is 0 Å². The molecule has 18 heavy (non-hydrogen) atoms. The summed E-state index contributed by atoms with van der Waals surface area (Å²) >= 11 is 6.08. The minimum Gasteiger partial charge on any atom is -0.379 e. The molecule has 1 saturated heterocycles. The normalized spacial score (nSPS) is 18.7. The van der Waals surface area contributed by atoms with Crippen LogP contribution in [0.15, 0.2) is 18.2 Å². The quantitative estimate of drug-likeness (QED) is 0.896. The summed E-state index contributed by atoms with van der Waals surface area (Å²) < 4.78 is 5.28. The summed E-state index contributed by atoms with van der Waals surface area (Å²) in [5, 5.41) is 3.41. The molecule has 1 aliphatic heterocycles. The summed E-state index contributed by atoms with van der Waals surface area (Å²) in [7, 11) is 1.78. The number of aryl methyl sites for hydroxylation is 1. The fourth-order valence-electron chi connectivity index (χ4n) is 1.98. The average molecular weight is 269 g/mol. The molecule has 0 aliphatic carbocycles. The smallest absolute Gasteiger partial charge is 0.321 e. The Balaban J connectivity index is 2.06. The van der Waals surface area contributed by atoms with E-state index in [0.717, 1.165) is 12.0 Å². The lowest BCUT2D eigenvalue weighted by Gasteiger charge is -2.24. The number of likely N-dealkylation sites (N-methyl/N-ethyl adjacent to an activating group) is 1. The molecule has 2 amide bonds. The molecular weight excluding hydrogens is 252 g/mol. The first-order valence-electron chi connectivity index (χ1n) is 5.96. The van der Waals surface area contributed by atoms with Gasteiger partial charge in [0.25, 0.3) is 0 Å². The van der Waals surface area contributed by atoms with Gasteiger partial charge in [0.1, 0.15) is 0 Å². The maximum atomic E-state index is 12.1. The maximum absolute atomic E-state index is 12.1. The number of para-hydroxylation sites is 1. The van der Waals surface area contributed by atoms with Gasteiger partial charge in [-0.3, -0.25) is 0 Å². The van der Waals surface area contributed by atoms with E-state index in [9.17, 15) is 4.79 Å². The minimum absolute atomic E-state index is 0.146. The van der Waals surface area contributed by atoms with Gasteiger partial charge in [-0.15, -0.1) is 0 Å². The average Bonchev–Trinajstić information content (AvgIpc) is 2.86. The first-order chi connectivity index (χ1) is 8.59. The SMILES string of the molecule is Cc1cccc(Cl)c1NC(=O)N(C)C1CCOC1. The summed E-state index contributed by atoms with van der Waals surface area (Å²) in [6, 6.07) is 5.54. The highest BCUT2D eigenvalue weighted by Gasteiger charge is 2.24. The van der Waals surface area contributed by atoms with Gasteiger partial charge in [0.15, 0.2) is 0 Å². The second kappa shape index (κ2) is 5.59. The number of urea groups is 1. The van der Waals surface area contributed by atoms with Crippen LogP contribution in [0.1, 0.15) is 12.0 Å². The number of halogens is 1. The third kappa shape index (κ3) is 2.76. The molecule has 0 spiro atoms. The van der Waals surface area contributed by atoms with E-state index < -0.39 is 0 Å². The molecule has 2 rings (SSSR count). The second-order valence-electron chi connectivity index (χ2n) is 4.49. The standard InChI is InChI=1S/C13H17ClN2O2/c1-9-4-3-5-11(14)12(9)15-13(17)16(2)10-6-7-18-8-10/h3-5,10H,6-8H2,1-2H3,(H,15,17). The number of carbonyl (C=O) groups is 1. The highest BCUT2D eigenvalue weighted by Crippen LogP contribution is 2.25. The molecule has 0 aromatic heterocycles. The number of nitrogens with zero attached hydrogens (tertiary/aromatic N) is 1. The summed E-state index contributed by atoms with van der Waals surface area (Å²) in [4.78, 5) is 13.8. The molecule has 0 saturated carbocycles. The minimum atomic E-state index is -0.151. The number of carbonyl (C=O) groups excluding carboxylic acids is 1. The van der Waals surface area contributed by atoms with Crippen LogP contribution in [-0.2, 0) is 4.74 Å². The Labute approximate surface area is 112 Å². The fraction of sp³-hybridized carbons (Fsp3) is 0.462. The van der Waals surface area contributed by atoms with E-state index in [1.165, 1.54) is 0 Å². The Morgan fingerprint density at radius 3 is 2.94 bits per heavy atom. The lowest BCUT2D eigenvalue weighted by Crippen LogP contribution is -2.40. The summed E-state index contributed by atoms with van der Waals surface area (Å²) in [6.07, 6.45) is 0.880. The van der Waals surface area contributed by atoms with Gasteiger partial charge >= 0.3 is 6.03 Å². The zero-order valence-corrected chi connectivity index (χ0v) is 11.3. The predicted octanol–water partition coefficient (Wildman–Crippen LogP) is 2.90. The van der Waals surface area contributed by atoms with E-state index in [1.807, 2.05) is 19.1 Å². The van der Waals surface area contributed by atoms with Crippen molar-refractivity contribution >= 4 is 23.3 Å². The van der Waals surface area contributed by atoms with Crippen LogP contribution >= 0.6 is 11.6 Å². The van der Waals surface area contributed by atoms with Crippen molar-refractivity contribution in [2.45, 2.75) is 19.4 Å². The van der Waals surface area contributed by atoms with Gasteiger partial charge in [0.05, 0.1) is 23.4 Å². The number of amides is 2. The van der Waals surface area contributed by atoms with Gasteiger partial charge in [0, 0.05) is 13.7 Å². The molecule has 1 N–H and O–H groups in total. The second-order valence-corrected chi connectivity index (χ2v) is 4.90. The molecule has 1 unspecified atom stereocenters. The zero-order chi connectivity index (χ0) is 13.1. The number of ether oxygens (including phenoxy) is 1. The van der Waals surface area contributed by atoms with Crippen LogP contribution in [0, 0.1) is 6.92 Å². The number of rotatable bonds is 2. The van der Waals surface area contributed by atoms with Crippen LogP contribution in [0.3, 0.4) is 0 Å². The molecule has 1 aliphatic rings. The van der Waals surface area contributed by atoms with E-state index in [0.29, 0.717) is 23.9 Å². The molecular formula is C13H17ClN2O2. The fourth-order valence-corrected chi connectivity index (χ4v) is 2.25. The lowest BCUT2D eigenvalue weighted by atomic mass is 10.2. The summed E-state index contributed by atoms with van der Waals surface area (Å²) in [5.74, 6) is 0. The predicted molar refractivity (Wildman–Crippen MR) is 72.2 cm³/mol. The molecule has 5 heteroatoms. The van der Waals surface area contributed by atoms with Crippen LogP contribution in [0.2, 0.25) is 5.02 Å². The van der Waals surface area contributed by atoms with Crippen molar-refractivity contribution in [3.05, 3.63) is 28.8 Å². The van der Waals surface area contributed by atoms with Gasteiger partial charge in [-0.1, -0.05) is 23.7 Å². The Morgan fingerprint density at radius 1 is 1.56 bits per heavy atom. The van der Waals surface area contributed by atoms with Crippen molar-refractivity contribution in [2.24, 2.45) is 0 Å². The van der Waals surface area contributed by atoms with Crippen LogP contribution < -0.4 is 5.32 Å². The van der Waals surface area contributed by atoms with E-state index in [-0.39, 0.29) is 12.1 Å². The van der Waals surface area contributed by atoms with Crippen molar-refractivity contribution < 1.29 is 9.53 Å². The lowest BCUT2D eigenvalue weighted by molar-refractivity contribution is 0.164. The molecule has 1 atom stereocenters. The molecule has 0 radical (unpaired) electrons. The molecule has 1 fully saturated rings. The van der Waals surface area contributed by atoms with Crippen molar-refractivity contribution in [3.8, 4) is 0 Å². The van der Waals surface area contributed by atoms with E-state index in [2.05, 4.69) is 5.32 Å². The third-order valence-electron chi connectivity index (χ3n) is 3.23. The third-order valence-corrected chi connectivity index (χ3v) is 3.54. The first kappa shape index (κ1) is 13.2. The van der Waals surface area contributed by atoms with Crippen LogP contribution in [-0.4, -0.2) is 37.2 Å². The van der Waals surface area contributed by atoms with Gasteiger partial charge in [-0.25, -0.2) is 4.79 Å². The first-order valence-corrected chi connectivity index (χ1v) is 6.34. The molecule has 4 nitrogen and oxygen atoms in total. The number of hydrogen-bond acceptors (Lipinski definition) is 2. The number of anilines is 1. The van der Waals surface area contributed by atoms with Gasteiger partial charge in [-0.2, -0.15) is 0 Å². The topological polar surface area (TPSA) is 41.6 Å². The van der Waals surface area contributed by atoms with E-state index >= 15 is 0 Å². The van der Waals surface area contributed by atoms with Crippen LogP contribution in [0.4, 0.5) is 10.5 Å². The maximum Gasteiger partial charge on any atom is 0.321 e. The Bertz CT molecular complexity index is 424.